The molecule has 0 amide bonds. The van der Waals surface area contributed by atoms with Crippen molar-refractivity contribution in [2.24, 2.45) is 0 Å². The number of unbranched alkanes of at least 4 members (excludes halogenated alkanes) is 1. The minimum absolute atomic E-state index is 0.164. The number of rotatable bonds is 8. The summed E-state index contributed by atoms with van der Waals surface area (Å²) in [7, 11) is 0. The van der Waals surface area contributed by atoms with Crippen LogP contribution < -0.4 is 0 Å². The van der Waals surface area contributed by atoms with Gasteiger partial charge in [0.25, 0.3) is 0 Å². The maximum Gasteiger partial charge on any atom is 0.166 e. The molecule has 162 valence electrons. The van der Waals surface area contributed by atoms with Gasteiger partial charge in [-0.3, -0.25) is 0 Å². The van der Waals surface area contributed by atoms with Crippen molar-refractivity contribution >= 4 is 12.2 Å². The van der Waals surface area contributed by atoms with Gasteiger partial charge < -0.3 is 0 Å². The zero-order valence-electron chi connectivity index (χ0n) is 17.8. The molecule has 0 atom stereocenters. The smallest absolute Gasteiger partial charge is 0.166 e. The normalized spacial score (nSPS) is 11.4. The van der Waals surface area contributed by atoms with Crippen LogP contribution in [0.1, 0.15) is 55.4 Å². The number of benzene rings is 3. The molecule has 0 unspecified atom stereocenters. The van der Waals surface area contributed by atoms with Gasteiger partial charge in [-0.25, -0.2) is 17.6 Å². The summed E-state index contributed by atoms with van der Waals surface area (Å²) < 4.78 is 57.3. The van der Waals surface area contributed by atoms with Gasteiger partial charge in [0.15, 0.2) is 23.3 Å². The second-order valence-electron chi connectivity index (χ2n) is 7.65. The first kappa shape index (κ1) is 22.8. The summed E-state index contributed by atoms with van der Waals surface area (Å²) in [5.41, 5.74) is 2.42. The predicted octanol–water partition coefficient (Wildman–Crippen LogP) is 8.38. The quantitative estimate of drug-likeness (QED) is 0.251. The Morgan fingerprint density at radius 1 is 0.613 bits per heavy atom. The molecular weight excluding hydrogens is 400 g/mol. The Morgan fingerprint density at radius 3 is 1.94 bits per heavy atom. The Morgan fingerprint density at radius 2 is 1.26 bits per heavy atom. The van der Waals surface area contributed by atoms with Crippen LogP contribution in [0, 0.1) is 23.3 Å². The van der Waals surface area contributed by atoms with Crippen LogP contribution in [0.25, 0.3) is 23.3 Å². The van der Waals surface area contributed by atoms with E-state index in [0.29, 0.717) is 29.5 Å². The van der Waals surface area contributed by atoms with E-state index in [-0.39, 0.29) is 11.1 Å². The first-order valence-corrected chi connectivity index (χ1v) is 10.7. The summed E-state index contributed by atoms with van der Waals surface area (Å²) in [4.78, 5) is 0. The van der Waals surface area contributed by atoms with Crippen molar-refractivity contribution in [2.75, 3.05) is 0 Å². The van der Waals surface area contributed by atoms with Gasteiger partial charge in [0.05, 0.1) is 0 Å². The Balaban J connectivity index is 1.80. The van der Waals surface area contributed by atoms with E-state index >= 15 is 0 Å². The third-order valence-electron chi connectivity index (χ3n) is 5.35. The molecule has 0 aliphatic carbocycles. The van der Waals surface area contributed by atoms with E-state index in [1.807, 2.05) is 13.8 Å². The van der Waals surface area contributed by atoms with Crippen LogP contribution in [0.2, 0.25) is 0 Å². The molecule has 0 aliphatic heterocycles. The largest absolute Gasteiger partial charge is 0.203 e. The van der Waals surface area contributed by atoms with E-state index in [0.717, 1.165) is 24.8 Å². The SMILES string of the molecule is CCCCc1ccc(-c2ccc(C=Cc3ccc(CCC)c(F)c3F)cc2)c(F)c1F. The molecule has 0 bridgehead atoms. The summed E-state index contributed by atoms with van der Waals surface area (Å²) >= 11 is 0. The molecule has 31 heavy (non-hydrogen) atoms. The van der Waals surface area contributed by atoms with Crippen LogP contribution in [0.4, 0.5) is 17.6 Å². The van der Waals surface area contributed by atoms with Gasteiger partial charge in [0.2, 0.25) is 0 Å². The van der Waals surface area contributed by atoms with Crippen molar-refractivity contribution in [3.05, 3.63) is 94.1 Å². The Kier molecular flexibility index (Phi) is 7.67. The summed E-state index contributed by atoms with van der Waals surface area (Å²) in [5, 5.41) is 0. The third kappa shape index (κ3) is 5.25. The molecule has 0 aliphatic rings. The number of hydrogen-bond donors (Lipinski definition) is 0. The molecule has 3 rings (SSSR count). The second kappa shape index (κ2) is 10.4. The number of aryl methyl sites for hydroxylation is 2. The van der Waals surface area contributed by atoms with Gasteiger partial charge in [-0.1, -0.05) is 87.4 Å². The minimum atomic E-state index is -0.862. The highest BCUT2D eigenvalue weighted by molar-refractivity contribution is 5.72. The Hall–Kier alpha value is -2.88. The van der Waals surface area contributed by atoms with Gasteiger partial charge in [-0.2, -0.15) is 0 Å². The Labute approximate surface area is 181 Å². The van der Waals surface area contributed by atoms with Crippen molar-refractivity contribution in [1.82, 2.24) is 0 Å². The fraction of sp³-hybridized carbons (Fsp3) is 0.259. The zero-order valence-corrected chi connectivity index (χ0v) is 17.8. The standard InChI is InChI=1S/C27H26F4/c1-3-5-7-21-16-17-23(27(31)26(21)30)19-11-8-18(9-12-19)10-13-22-15-14-20(6-4-2)24(28)25(22)29/h8-17H,3-7H2,1-2H3. The van der Waals surface area contributed by atoms with E-state index in [1.54, 1.807) is 54.6 Å². The molecule has 3 aromatic rings. The van der Waals surface area contributed by atoms with Crippen molar-refractivity contribution in [3.8, 4) is 11.1 Å². The lowest BCUT2D eigenvalue weighted by Crippen LogP contribution is -1.97. The highest BCUT2D eigenvalue weighted by Gasteiger charge is 2.14. The molecule has 0 aromatic heterocycles. The van der Waals surface area contributed by atoms with Gasteiger partial charge in [0.1, 0.15) is 0 Å². The van der Waals surface area contributed by atoms with Gasteiger partial charge in [-0.15, -0.1) is 0 Å². The van der Waals surface area contributed by atoms with Crippen molar-refractivity contribution in [2.45, 2.75) is 46.0 Å². The van der Waals surface area contributed by atoms with Crippen molar-refractivity contribution in [1.29, 1.82) is 0 Å². The number of halogens is 4. The van der Waals surface area contributed by atoms with Gasteiger partial charge in [-0.05, 0) is 41.5 Å². The van der Waals surface area contributed by atoms with Crippen LogP contribution >= 0.6 is 0 Å². The summed E-state index contributed by atoms with van der Waals surface area (Å²) in [6, 6.07) is 13.2. The van der Waals surface area contributed by atoms with E-state index in [1.165, 1.54) is 6.08 Å². The fourth-order valence-corrected chi connectivity index (χ4v) is 3.53. The molecule has 3 aromatic carbocycles. The van der Waals surface area contributed by atoms with E-state index < -0.39 is 23.3 Å². The van der Waals surface area contributed by atoms with Gasteiger partial charge >= 0.3 is 0 Å². The molecule has 0 fully saturated rings. The van der Waals surface area contributed by atoms with Crippen molar-refractivity contribution < 1.29 is 17.6 Å². The van der Waals surface area contributed by atoms with Crippen LogP contribution in [-0.2, 0) is 12.8 Å². The maximum absolute atomic E-state index is 14.5. The molecule has 0 N–H and O–H groups in total. The lowest BCUT2D eigenvalue weighted by atomic mass is 9.99. The lowest BCUT2D eigenvalue weighted by Gasteiger charge is -2.09. The topological polar surface area (TPSA) is 0 Å². The highest BCUT2D eigenvalue weighted by atomic mass is 19.2. The fourth-order valence-electron chi connectivity index (χ4n) is 3.53. The predicted molar refractivity (Wildman–Crippen MR) is 120 cm³/mol. The molecular formula is C27H26F4. The lowest BCUT2D eigenvalue weighted by molar-refractivity contribution is 0.496. The van der Waals surface area contributed by atoms with E-state index in [4.69, 9.17) is 0 Å². The molecule has 0 nitrogen and oxygen atoms in total. The molecule has 0 radical (unpaired) electrons. The second-order valence-corrected chi connectivity index (χ2v) is 7.65. The maximum atomic E-state index is 14.5. The van der Waals surface area contributed by atoms with E-state index in [2.05, 4.69) is 0 Å². The third-order valence-corrected chi connectivity index (χ3v) is 5.35. The van der Waals surface area contributed by atoms with Crippen LogP contribution in [-0.4, -0.2) is 0 Å². The molecule has 0 spiro atoms. The zero-order chi connectivity index (χ0) is 22.4. The first-order chi connectivity index (χ1) is 15.0. The average Bonchev–Trinajstić information content (AvgIpc) is 2.78. The van der Waals surface area contributed by atoms with Gasteiger partial charge in [0, 0.05) is 11.1 Å². The molecule has 0 heterocycles. The monoisotopic (exact) mass is 426 g/mol. The van der Waals surface area contributed by atoms with Crippen LogP contribution in [0.5, 0.6) is 0 Å². The minimum Gasteiger partial charge on any atom is -0.203 e. The molecule has 0 saturated heterocycles. The average molecular weight is 426 g/mol. The summed E-state index contributed by atoms with van der Waals surface area (Å²) in [6.07, 6.45) is 6.63. The first-order valence-electron chi connectivity index (χ1n) is 10.7. The van der Waals surface area contributed by atoms with Crippen LogP contribution in [0.15, 0.2) is 48.5 Å². The molecule has 0 saturated carbocycles. The van der Waals surface area contributed by atoms with Crippen molar-refractivity contribution in [3.63, 3.8) is 0 Å². The summed E-state index contributed by atoms with van der Waals surface area (Å²) in [5.74, 6) is -3.31. The number of hydrogen-bond acceptors (Lipinski definition) is 0. The highest BCUT2D eigenvalue weighted by Crippen LogP contribution is 2.28. The molecule has 4 heteroatoms. The van der Waals surface area contributed by atoms with E-state index in [9.17, 15) is 17.6 Å². The summed E-state index contributed by atoms with van der Waals surface area (Å²) in [6.45, 7) is 3.92. The Bertz CT molecular complexity index is 1070. The van der Waals surface area contributed by atoms with Crippen LogP contribution in [0.3, 0.4) is 0 Å².